The lowest BCUT2D eigenvalue weighted by Gasteiger charge is -2.42. The normalized spacial score (nSPS) is 24.3. The maximum Gasteiger partial charge on any atom is 0.119 e. The van der Waals surface area contributed by atoms with Gasteiger partial charge in [-0.15, -0.1) is 0 Å². The number of thioether (sulfide) groups is 1. The van der Waals surface area contributed by atoms with E-state index < -0.39 is 29.8 Å². The van der Waals surface area contributed by atoms with Crippen LogP contribution in [-0.2, 0) is 27.4 Å². The smallest absolute Gasteiger partial charge is 0.119 e. The molecule has 34 heavy (non-hydrogen) atoms. The molecule has 1 fully saturated rings. The van der Waals surface area contributed by atoms with Crippen LogP contribution < -0.4 is 0 Å². The van der Waals surface area contributed by atoms with Crippen LogP contribution in [0.5, 0.6) is 0 Å². The lowest BCUT2D eigenvalue weighted by atomic mass is 9.98. The molecule has 1 saturated heterocycles. The topological polar surface area (TPSA) is 96.7 Å². The van der Waals surface area contributed by atoms with Crippen LogP contribution in [0.15, 0.2) is 101 Å². The Hall–Kier alpha value is -2.84. The highest BCUT2D eigenvalue weighted by atomic mass is 32.2. The summed E-state index contributed by atoms with van der Waals surface area (Å²) in [5.74, 6) is 0. The minimum Gasteiger partial charge on any atom is -0.388 e. The number of azide groups is 1. The first-order chi connectivity index (χ1) is 16.7. The van der Waals surface area contributed by atoms with Crippen molar-refractivity contribution in [2.24, 2.45) is 5.11 Å². The van der Waals surface area contributed by atoms with Crippen LogP contribution in [0.4, 0.5) is 0 Å². The third-order valence-electron chi connectivity index (χ3n) is 5.50. The number of hydrogen-bond donors (Lipinski definition) is 1. The van der Waals surface area contributed by atoms with Gasteiger partial charge in [0.15, 0.2) is 0 Å². The second-order valence-corrected chi connectivity index (χ2v) is 9.09. The molecule has 3 aromatic rings. The number of ether oxygens (including phenoxy) is 3. The fourth-order valence-corrected chi connectivity index (χ4v) is 4.91. The van der Waals surface area contributed by atoms with Crippen LogP contribution in [0.3, 0.4) is 0 Å². The van der Waals surface area contributed by atoms with E-state index in [-0.39, 0.29) is 13.2 Å². The fraction of sp³-hybridized carbons (Fsp3) is 0.308. The Morgan fingerprint density at radius 2 is 1.47 bits per heavy atom. The molecular formula is C26H27N3O4S. The Kier molecular flexibility index (Phi) is 8.98. The van der Waals surface area contributed by atoms with Crippen molar-refractivity contribution >= 4 is 11.8 Å². The molecule has 1 N–H and O–H groups in total. The minimum atomic E-state index is -1.03. The average molecular weight is 478 g/mol. The molecule has 0 aliphatic carbocycles. The molecule has 0 amide bonds. The van der Waals surface area contributed by atoms with Crippen molar-refractivity contribution in [2.75, 3.05) is 6.61 Å². The molecule has 0 unspecified atom stereocenters. The second-order valence-electron chi connectivity index (χ2n) is 7.92. The zero-order valence-electron chi connectivity index (χ0n) is 18.6. The zero-order valence-corrected chi connectivity index (χ0v) is 19.4. The maximum atomic E-state index is 11.2. The molecule has 1 aliphatic rings. The van der Waals surface area contributed by atoms with Gasteiger partial charge in [-0.3, -0.25) is 0 Å². The number of benzene rings is 3. The Morgan fingerprint density at radius 3 is 2.09 bits per heavy atom. The van der Waals surface area contributed by atoms with E-state index >= 15 is 0 Å². The highest BCUT2D eigenvalue weighted by Crippen LogP contribution is 2.36. The van der Waals surface area contributed by atoms with Crippen molar-refractivity contribution in [1.29, 1.82) is 0 Å². The first kappa shape index (κ1) is 24.3. The monoisotopic (exact) mass is 477 g/mol. The average Bonchev–Trinajstić information content (AvgIpc) is 2.88. The van der Waals surface area contributed by atoms with Crippen molar-refractivity contribution in [1.82, 2.24) is 0 Å². The molecule has 3 aromatic carbocycles. The van der Waals surface area contributed by atoms with Gasteiger partial charge in [0.05, 0.1) is 25.9 Å². The summed E-state index contributed by atoms with van der Waals surface area (Å²) in [6, 6.07) is 28.5. The first-order valence-corrected chi connectivity index (χ1v) is 12.0. The van der Waals surface area contributed by atoms with Gasteiger partial charge in [0.2, 0.25) is 0 Å². The van der Waals surface area contributed by atoms with Gasteiger partial charge in [-0.05, 0) is 28.8 Å². The number of aliphatic hydroxyl groups excluding tert-OH is 1. The fourth-order valence-electron chi connectivity index (χ4n) is 3.78. The molecule has 4 rings (SSSR count). The van der Waals surface area contributed by atoms with Crippen molar-refractivity contribution in [2.45, 2.75) is 47.9 Å². The van der Waals surface area contributed by atoms with Crippen LogP contribution in [0.25, 0.3) is 10.4 Å². The van der Waals surface area contributed by atoms with E-state index in [4.69, 9.17) is 14.2 Å². The van der Waals surface area contributed by atoms with Gasteiger partial charge in [-0.2, -0.15) is 0 Å². The van der Waals surface area contributed by atoms with Gasteiger partial charge in [-0.25, -0.2) is 0 Å². The third-order valence-corrected chi connectivity index (χ3v) is 6.67. The van der Waals surface area contributed by atoms with Crippen LogP contribution in [0.2, 0.25) is 0 Å². The predicted octanol–water partition coefficient (Wildman–Crippen LogP) is 5.35. The standard InChI is InChI=1S/C26H27N3O4S/c27-29-28-23-25(32-17-20-12-6-2-7-13-20)24(30)22(18-31-16-19-10-4-1-5-11-19)33-26(23)34-21-14-8-3-9-15-21/h1-15,22-26,30H,16-18H2/t22-,23-,24-,25-,26-/m1/s1. The Morgan fingerprint density at radius 1 is 0.882 bits per heavy atom. The molecule has 0 bridgehead atoms. The lowest BCUT2D eigenvalue weighted by molar-refractivity contribution is -0.190. The molecule has 1 heterocycles. The molecule has 0 aromatic heterocycles. The highest BCUT2D eigenvalue weighted by molar-refractivity contribution is 7.99. The van der Waals surface area contributed by atoms with Crippen LogP contribution in [-0.4, -0.2) is 41.5 Å². The van der Waals surface area contributed by atoms with Gasteiger partial charge >= 0.3 is 0 Å². The summed E-state index contributed by atoms with van der Waals surface area (Å²) in [7, 11) is 0. The summed E-state index contributed by atoms with van der Waals surface area (Å²) in [4.78, 5) is 3.99. The minimum absolute atomic E-state index is 0.177. The molecule has 176 valence electrons. The quantitative estimate of drug-likeness (QED) is 0.241. The van der Waals surface area contributed by atoms with Gasteiger partial charge in [0.1, 0.15) is 23.7 Å². The van der Waals surface area contributed by atoms with Gasteiger partial charge in [0, 0.05) is 9.81 Å². The van der Waals surface area contributed by atoms with Crippen molar-refractivity contribution < 1.29 is 19.3 Å². The van der Waals surface area contributed by atoms with E-state index in [9.17, 15) is 10.6 Å². The Balaban J connectivity index is 1.51. The second kappa shape index (κ2) is 12.6. The summed E-state index contributed by atoms with van der Waals surface area (Å²) < 4.78 is 18.3. The molecular weight excluding hydrogens is 450 g/mol. The summed E-state index contributed by atoms with van der Waals surface area (Å²) in [6.45, 7) is 0.857. The Bertz CT molecular complexity index is 1050. The molecule has 0 saturated carbocycles. The van der Waals surface area contributed by atoms with Crippen LogP contribution in [0.1, 0.15) is 11.1 Å². The summed E-state index contributed by atoms with van der Waals surface area (Å²) in [6.07, 6.45) is -2.42. The van der Waals surface area contributed by atoms with E-state index in [1.54, 1.807) is 0 Å². The van der Waals surface area contributed by atoms with Gasteiger partial charge in [0.25, 0.3) is 0 Å². The van der Waals surface area contributed by atoms with E-state index in [0.29, 0.717) is 6.61 Å². The maximum absolute atomic E-state index is 11.2. The number of hydrogen-bond acceptors (Lipinski definition) is 6. The number of aliphatic hydroxyl groups is 1. The van der Waals surface area contributed by atoms with Crippen molar-refractivity contribution in [3.63, 3.8) is 0 Å². The molecule has 8 heteroatoms. The summed E-state index contributed by atoms with van der Waals surface area (Å²) >= 11 is 1.44. The van der Waals surface area contributed by atoms with Crippen molar-refractivity contribution in [3.8, 4) is 0 Å². The molecule has 1 aliphatic heterocycles. The number of rotatable bonds is 10. The molecule has 0 radical (unpaired) electrons. The largest absolute Gasteiger partial charge is 0.388 e. The SMILES string of the molecule is [N-]=[N+]=N[C@@H]1[C@@H](OCc2ccccc2)[C@H](O)[C@@H](COCc2ccccc2)O[C@@H]1Sc1ccccc1. The van der Waals surface area contributed by atoms with E-state index in [0.717, 1.165) is 16.0 Å². The van der Waals surface area contributed by atoms with E-state index in [1.807, 2.05) is 91.0 Å². The van der Waals surface area contributed by atoms with E-state index in [2.05, 4.69) is 10.0 Å². The molecule has 5 atom stereocenters. The third kappa shape index (κ3) is 6.61. The first-order valence-electron chi connectivity index (χ1n) is 11.1. The van der Waals surface area contributed by atoms with Crippen LogP contribution in [0, 0.1) is 0 Å². The summed E-state index contributed by atoms with van der Waals surface area (Å²) in [5, 5.41) is 15.1. The van der Waals surface area contributed by atoms with Crippen LogP contribution >= 0.6 is 11.8 Å². The lowest BCUT2D eigenvalue weighted by Crippen LogP contribution is -2.57. The Labute approximate surface area is 203 Å². The number of nitrogens with zero attached hydrogens (tertiary/aromatic N) is 3. The van der Waals surface area contributed by atoms with Crippen molar-refractivity contribution in [3.05, 3.63) is 113 Å². The zero-order chi connectivity index (χ0) is 23.6. The highest BCUT2D eigenvalue weighted by Gasteiger charge is 2.46. The summed E-state index contributed by atoms with van der Waals surface area (Å²) in [5.41, 5.74) is 10.7. The molecule has 7 nitrogen and oxygen atoms in total. The van der Waals surface area contributed by atoms with E-state index in [1.165, 1.54) is 11.8 Å². The van der Waals surface area contributed by atoms with Gasteiger partial charge < -0.3 is 19.3 Å². The molecule has 0 spiro atoms. The van der Waals surface area contributed by atoms with Gasteiger partial charge in [-0.1, -0.05) is 95.7 Å². The predicted molar refractivity (Wildman–Crippen MR) is 131 cm³/mol.